The molecule has 0 bridgehead atoms. The molecule has 0 spiro atoms. The molecule has 0 N–H and O–H groups in total. The molecule has 23 heavy (non-hydrogen) atoms. The van der Waals surface area contributed by atoms with Crippen LogP contribution in [-0.2, 0) is 11.2 Å². The summed E-state index contributed by atoms with van der Waals surface area (Å²) in [7, 11) is 0. The minimum absolute atomic E-state index is 0.00945. The van der Waals surface area contributed by atoms with Crippen molar-refractivity contribution >= 4 is 5.69 Å². The molecule has 0 amide bonds. The van der Waals surface area contributed by atoms with Crippen LogP contribution in [0.3, 0.4) is 0 Å². The number of morpholine rings is 1. The molecule has 3 heteroatoms. The van der Waals surface area contributed by atoms with Gasteiger partial charge in [0, 0.05) is 24.3 Å². The van der Waals surface area contributed by atoms with Gasteiger partial charge in [0.15, 0.2) is 0 Å². The van der Waals surface area contributed by atoms with Crippen molar-refractivity contribution in [3.05, 3.63) is 29.1 Å². The van der Waals surface area contributed by atoms with Gasteiger partial charge in [-0.3, -0.25) is 0 Å². The van der Waals surface area contributed by atoms with Crippen molar-refractivity contribution in [2.45, 2.75) is 78.4 Å². The van der Waals surface area contributed by atoms with E-state index in [2.05, 4.69) is 31.7 Å². The van der Waals surface area contributed by atoms with E-state index in [4.69, 9.17) is 4.74 Å². The molecule has 1 aliphatic heterocycles. The first-order chi connectivity index (χ1) is 11.0. The van der Waals surface area contributed by atoms with E-state index in [9.17, 15) is 4.39 Å². The standard InChI is InChI=1S/C20H32FNO/c1-5-6-7-8-9-10-18-11-12-19(17(4)20(18)21)22-13-15(2)23-16(3)14-22/h11-12,15-16H,5-10,13-14H2,1-4H3/t15-,16+. The first kappa shape index (κ1) is 18.3. The Labute approximate surface area is 141 Å². The second kappa shape index (κ2) is 8.68. The number of halogens is 1. The topological polar surface area (TPSA) is 12.5 Å². The van der Waals surface area contributed by atoms with Crippen molar-refractivity contribution in [2.24, 2.45) is 0 Å². The number of rotatable bonds is 7. The Bertz CT molecular complexity index is 493. The SMILES string of the molecule is CCCCCCCc1ccc(N2C[C@@H](C)O[C@@H](C)C2)c(C)c1F. The molecular weight excluding hydrogens is 289 g/mol. The molecule has 2 rings (SSSR count). The molecule has 0 radical (unpaired) electrons. The van der Waals surface area contributed by atoms with E-state index in [1.165, 1.54) is 25.7 Å². The third-order valence-corrected chi connectivity index (χ3v) is 4.75. The molecule has 1 heterocycles. The number of unbranched alkanes of at least 4 members (excludes halogenated alkanes) is 4. The van der Waals surface area contributed by atoms with Crippen molar-refractivity contribution in [3.63, 3.8) is 0 Å². The maximum Gasteiger partial charge on any atom is 0.131 e. The highest BCUT2D eigenvalue weighted by Gasteiger charge is 2.24. The Hall–Kier alpha value is -1.09. The number of benzene rings is 1. The molecule has 2 atom stereocenters. The Kier molecular flexibility index (Phi) is 6.88. The largest absolute Gasteiger partial charge is 0.372 e. The van der Waals surface area contributed by atoms with Gasteiger partial charge in [-0.15, -0.1) is 0 Å². The number of anilines is 1. The average Bonchev–Trinajstić information content (AvgIpc) is 2.50. The lowest BCUT2D eigenvalue weighted by molar-refractivity contribution is -0.00526. The molecule has 0 aliphatic carbocycles. The van der Waals surface area contributed by atoms with Crippen molar-refractivity contribution in [1.29, 1.82) is 0 Å². The minimum atomic E-state index is -0.00945. The fourth-order valence-corrected chi connectivity index (χ4v) is 3.56. The fourth-order valence-electron chi connectivity index (χ4n) is 3.56. The molecule has 0 saturated carbocycles. The van der Waals surface area contributed by atoms with E-state index < -0.39 is 0 Å². The van der Waals surface area contributed by atoms with Crippen molar-refractivity contribution < 1.29 is 9.13 Å². The van der Waals surface area contributed by atoms with Gasteiger partial charge in [0.2, 0.25) is 0 Å². The summed E-state index contributed by atoms with van der Waals surface area (Å²) in [5.74, 6) is -0.00945. The lowest BCUT2D eigenvalue weighted by Gasteiger charge is -2.37. The Morgan fingerprint density at radius 2 is 1.74 bits per heavy atom. The number of nitrogens with zero attached hydrogens (tertiary/aromatic N) is 1. The second-order valence-electron chi connectivity index (χ2n) is 7.01. The van der Waals surface area contributed by atoms with Gasteiger partial charge in [0.05, 0.1) is 12.2 Å². The van der Waals surface area contributed by atoms with Crippen LogP contribution in [-0.4, -0.2) is 25.3 Å². The molecule has 1 saturated heterocycles. The predicted octanol–water partition coefficient (Wildman–Crippen LogP) is 5.26. The molecular formula is C20H32FNO. The number of hydrogen-bond acceptors (Lipinski definition) is 2. The van der Waals surface area contributed by atoms with Gasteiger partial charge in [-0.05, 0) is 45.2 Å². The Balaban J connectivity index is 2.02. The highest BCUT2D eigenvalue weighted by molar-refractivity contribution is 5.55. The van der Waals surface area contributed by atoms with E-state index in [0.717, 1.165) is 42.7 Å². The molecule has 1 aliphatic rings. The van der Waals surface area contributed by atoms with Crippen LogP contribution >= 0.6 is 0 Å². The molecule has 1 fully saturated rings. The lowest BCUT2D eigenvalue weighted by Crippen LogP contribution is -2.45. The molecule has 1 aromatic carbocycles. The molecule has 2 nitrogen and oxygen atoms in total. The van der Waals surface area contributed by atoms with Crippen LogP contribution in [0.5, 0.6) is 0 Å². The van der Waals surface area contributed by atoms with Crippen LogP contribution in [0.2, 0.25) is 0 Å². The lowest BCUT2D eigenvalue weighted by atomic mass is 10.0. The fraction of sp³-hybridized carbons (Fsp3) is 0.700. The zero-order valence-electron chi connectivity index (χ0n) is 15.2. The van der Waals surface area contributed by atoms with Gasteiger partial charge >= 0.3 is 0 Å². The third-order valence-electron chi connectivity index (χ3n) is 4.75. The summed E-state index contributed by atoms with van der Waals surface area (Å²) >= 11 is 0. The van der Waals surface area contributed by atoms with Crippen LogP contribution in [0.1, 0.15) is 64.0 Å². The zero-order chi connectivity index (χ0) is 16.8. The number of aryl methyl sites for hydroxylation is 1. The van der Waals surface area contributed by atoms with Crippen molar-refractivity contribution in [3.8, 4) is 0 Å². The smallest absolute Gasteiger partial charge is 0.131 e. The second-order valence-corrected chi connectivity index (χ2v) is 7.01. The normalized spacial score (nSPS) is 21.7. The molecule has 1 aromatic rings. The maximum absolute atomic E-state index is 14.7. The zero-order valence-corrected chi connectivity index (χ0v) is 15.2. The predicted molar refractivity (Wildman–Crippen MR) is 95.8 cm³/mol. The summed E-state index contributed by atoms with van der Waals surface area (Å²) in [6.07, 6.45) is 7.32. The van der Waals surface area contributed by atoms with Crippen LogP contribution in [0.4, 0.5) is 10.1 Å². The van der Waals surface area contributed by atoms with Gasteiger partial charge < -0.3 is 9.64 Å². The maximum atomic E-state index is 14.7. The van der Waals surface area contributed by atoms with Crippen LogP contribution < -0.4 is 4.90 Å². The first-order valence-electron chi connectivity index (χ1n) is 9.21. The first-order valence-corrected chi connectivity index (χ1v) is 9.21. The van der Waals surface area contributed by atoms with Gasteiger partial charge in [0.25, 0.3) is 0 Å². The number of hydrogen-bond donors (Lipinski definition) is 0. The monoisotopic (exact) mass is 321 g/mol. The average molecular weight is 321 g/mol. The van der Waals surface area contributed by atoms with E-state index in [-0.39, 0.29) is 18.0 Å². The van der Waals surface area contributed by atoms with Crippen LogP contribution in [0.15, 0.2) is 12.1 Å². The summed E-state index contributed by atoms with van der Waals surface area (Å²) < 4.78 is 20.5. The van der Waals surface area contributed by atoms with Gasteiger partial charge in [-0.2, -0.15) is 0 Å². The van der Waals surface area contributed by atoms with Crippen molar-refractivity contribution in [1.82, 2.24) is 0 Å². The van der Waals surface area contributed by atoms with Gasteiger partial charge in [-0.25, -0.2) is 4.39 Å². The van der Waals surface area contributed by atoms with E-state index in [0.29, 0.717) is 0 Å². The van der Waals surface area contributed by atoms with E-state index in [1.54, 1.807) is 0 Å². The molecule has 130 valence electrons. The summed E-state index contributed by atoms with van der Waals surface area (Å²) in [5, 5.41) is 0. The molecule has 0 unspecified atom stereocenters. The van der Waals surface area contributed by atoms with Crippen molar-refractivity contribution in [2.75, 3.05) is 18.0 Å². The summed E-state index contributed by atoms with van der Waals surface area (Å²) in [6.45, 7) is 9.96. The van der Waals surface area contributed by atoms with E-state index in [1.807, 2.05) is 13.0 Å². The highest BCUT2D eigenvalue weighted by Crippen LogP contribution is 2.28. The van der Waals surface area contributed by atoms with Crippen LogP contribution in [0.25, 0.3) is 0 Å². The highest BCUT2D eigenvalue weighted by atomic mass is 19.1. The number of ether oxygens (including phenoxy) is 1. The Morgan fingerprint density at radius 1 is 1.09 bits per heavy atom. The quantitative estimate of drug-likeness (QED) is 0.635. The third kappa shape index (κ3) is 4.94. The Morgan fingerprint density at radius 3 is 2.39 bits per heavy atom. The minimum Gasteiger partial charge on any atom is -0.372 e. The summed E-state index contributed by atoms with van der Waals surface area (Å²) in [4.78, 5) is 2.27. The molecule has 0 aromatic heterocycles. The van der Waals surface area contributed by atoms with E-state index >= 15 is 0 Å². The van der Waals surface area contributed by atoms with Gasteiger partial charge in [0.1, 0.15) is 5.82 Å². The summed E-state index contributed by atoms with van der Waals surface area (Å²) in [6, 6.07) is 4.09. The van der Waals surface area contributed by atoms with Crippen LogP contribution in [0, 0.1) is 12.7 Å². The van der Waals surface area contributed by atoms with Gasteiger partial charge in [-0.1, -0.05) is 38.7 Å². The summed E-state index contributed by atoms with van der Waals surface area (Å²) in [5.41, 5.74) is 2.69.